The molecule has 1 N–H and O–H groups in total. The molecule has 0 amide bonds. The lowest BCUT2D eigenvalue weighted by Crippen LogP contribution is -2.12. The summed E-state index contributed by atoms with van der Waals surface area (Å²) in [6.45, 7) is 6.77. The lowest BCUT2D eigenvalue weighted by Gasteiger charge is -1.93. The molecule has 0 unspecified atom stereocenters. The molecule has 0 saturated heterocycles. The van der Waals surface area contributed by atoms with E-state index in [2.05, 4.69) is 22.0 Å². The highest BCUT2D eigenvalue weighted by atomic mass is 16.5. The maximum Gasteiger partial charge on any atom is 0.241 e. The summed E-state index contributed by atoms with van der Waals surface area (Å²) < 4.78 is 10.3. The lowest BCUT2D eigenvalue weighted by atomic mass is 10.3. The molecule has 2 heterocycles. The Kier molecular flexibility index (Phi) is 3.16. The molecule has 2 rings (SSSR count). The van der Waals surface area contributed by atoms with Crippen molar-refractivity contribution in [2.24, 2.45) is 0 Å². The summed E-state index contributed by atoms with van der Waals surface area (Å²) in [6, 6.07) is 1.86. The van der Waals surface area contributed by atoms with Gasteiger partial charge >= 0.3 is 0 Å². The zero-order valence-corrected chi connectivity index (χ0v) is 9.06. The van der Waals surface area contributed by atoms with Gasteiger partial charge in [0.15, 0.2) is 5.76 Å². The Morgan fingerprint density at radius 3 is 3.12 bits per heavy atom. The Labute approximate surface area is 93.2 Å². The highest BCUT2D eigenvalue weighted by molar-refractivity contribution is 5.50. The van der Waals surface area contributed by atoms with Crippen LogP contribution in [0.1, 0.15) is 11.5 Å². The zero-order chi connectivity index (χ0) is 11.4. The predicted octanol–water partition coefficient (Wildman–Crippen LogP) is 1.91. The van der Waals surface area contributed by atoms with Crippen LogP contribution in [-0.4, -0.2) is 16.7 Å². The van der Waals surface area contributed by atoms with Gasteiger partial charge in [0.1, 0.15) is 0 Å². The first-order valence-electron chi connectivity index (χ1n) is 5.00. The summed E-state index contributed by atoms with van der Waals surface area (Å²) in [5.41, 5.74) is 0.992. The van der Waals surface area contributed by atoms with Crippen LogP contribution in [0.2, 0.25) is 0 Å². The van der Waals surface area contributed by atoms with Crippen molar-refractivity contribution in [3.8, 4) is 11.6 Å². The van der Waals surface area contributed by atoms with Crippen LogP contribution in [0.3, 0.4) is 0 Å². The predicted molar refractivity (Wildman–Crippen MR) is 58.6 cm³/mol. The molecular formula is C11H13N3O2. The largest absolute Gasteiger partial charge is 0.461 e. The van der Waals surface area contributed by atoms with Crippen LogP contribution in [0.4, 0.5) is 0 Å². The van der Waals surface area contributed by atoms with Gasteiger partial charge in [-0.05, 0) is 18.6 Å². The number of hydrogen-bond acceptors (Lipinski definition) is 5. The molecule has 5 nitrogen and oxygen atoms in total. The topological polar surface area (TPSA) is 64.1 Å². The standard InChI is InChI=1S/C11H13N3O2/c1-3-5-12-7-9-13-11(14-16-9)10-8(2)4-6-15-10/h3-4,6,12H,1,5,7H2,2H3. The summed E-state index contributed by atoms with van der Waals surface area (Å²) in [6.07, 6.45) is 3.38. The summed E-state index contributed by atoms with van der Waals surface area (Å²) >= 11 is 0. The van der Waals surface area contributed by atoms with E-state index in [4.69, 9.17) is 8.94 Å². The molecule has 0 saturated carbocycles. The lowest BCUT2D eigenvalue weighted by molar-refractivity contribution is 0.369. The van der Waals surface area contributed by atoms with Crippen LogP contribution in [0.5, 0.6) is 0 Å². The van der Waals surface area contributed by atoms with Crippen LogP contribution >= 0.6 is 0 Å². The Hall–Kier alpha value is -1.88. The van der Waals surface area contributed by atoms with Crippen LogP contribution in [-0.2, 0) is 6.54 Å². The first-order chi connectivity index (χ1) is 7.81. The number of nitrogens with one attached hydrogen (secondary N) is 1. The molecule has 5 heteroatoms. The molecule has 16 heavy (non-hydrogen) atoms. The number of hydrogen-bond donors (Lipinski definition) is 1. The summed E-state index contributed by atoms with van der Waals surface area (Å²) in [4.78, 5) is 4.22. The second-order valence-electron chi connectivity index (χ2n) is 3.36. The molecule has 0 atom stereocenters. The highest BCUT2D eigenvalue weighted by Gasteiger charge is 2.12. The molecule has 0 fully saturated rings. The smallest absolute Gasteiger partial charge is 0.241 e. The molecule has 0 aliphatic rings. The van der Waals surface area contributed by atoms with Gasteiger partial charge < -0.3 is 14.3 Å². The first kappa shape index (κ1) is 10.6. The fourth-order valence-electron chi connectivity index (χ4n) is 1.30. The fourth-order valence-corrected chi connectivity index (χ4v) is 1.30. The highest BCUT2D eigenvalue weighted by Crippen LogP contribution is 2.20. The van der Waals surface area contributed by atoms with Crippen molar-refractivity contribution in [3.63, 3.8) is 0 Å². The molecule has 2 aromatic heterocycles. The van der Waals surface area contributed by atoms with Gasteiger partial charge in [-0.25, -0.2) is 0 Å². The summed E-state index contributed by atoms with van der Waals surface area (Å²) in [5, 5.41) is 6.93. The second-order valence-corrected chi connectivity index (χ2v) is 3.36. The number of aryl methyl sites for hydroxylation is 1. The van der Waals surface area contributed by atoms with Crippen molar-refractivity contribution >= 4 is 0 Å². The van der Waals surface area contributed by atoms with Gasteiger partial charge in [0, 0.05) is 6.54 Å². The normalized spacial score (nSPS) is 10.6. The fraction of sp³-hybridized carbons (Fsp3) is 0.273. The van der Waals surface area contributed by atoms with Gasteiger partial charge in [0.25, 0.3) is 0 Å². The number of furan rings is 1. The Morgan fingerprint density at radius 1 is 1.56 bits per heavy atom. The third-order valence-electron chi connectivity index (χ3n) is 2.10. The third-order valence-corrected chi connectivity index (χ3v) is 2.10. The number of aromatic nitrogens is 2. The minimum Gasteiger partial charge on any atom is -0.461 e. The molecular weight excluding hydrogens is 206 g/mol. The molecule has 84 valence electrons. The maximum absolute atomic E-state index is 5.27. The zero-order valence-electron chi connectivity index (χ0n) is 9.06. The number of nitrogens with zero attached hydrogens (tertiary/aromatic N) is 2. The van der Waals surface area contributed by atoms with E-state index in [1.165, 1.54) is 0 Å². The van der Waals surface area contributed by atoms with Crippen molar-refractivity contribution < 1.29 is 8.94 Å². The minimum absolute atomic E-state index is 0.484. The van der Waals surface area contributed by atoms with Crippen molar-refractivity contribution in [2.75, 3.05) is 6.54 Å². The van der Waals surface area contributed by atoms with Crippen LogP contribution in [0.15, 0.2) is 33.9 Å². The van der Waals surface area contributed by atoms with Gasteiger partial charge in [0.2, 0.25) is 11.7 Å². The Morgan fingerprint density at radius 2 is 2.44 bits per heavy atom. The average molecular weight is 219 g/mol. The molecule has 0 radical (unpaired) electrons. The van der Waals surface area contributed by atoms with E-state index in [1.54, 1.807) is 12.3 Å². The van der Waals surface area contributed by atoms with E-state index >= 15 is 0 Å². The summed E-state index contributed by atoms with van der Waals surface area (Å²) in [7, 11) is 0. The van der Waals surface area contributed by atoms with Crippen molar-refractivity contribution in [1.82, 2.24) is 15.5 Å². The van der Waals surface area contributed by atoms with Crippen molar-refractivity contribution in [3.05, 3.63) is 36.4 Å². The van der Waals surface area contributed by atoms with E-state index in [-0.39, 0.29) is 0 Å². The van der Waals surface area contributed by atoms with E-state index in [9.17, 15) is 0 Å². The van der Waals surface area contributed by atoms with E-state index < -0.39 is 0 Å². The monoisotopic (exact) mass is 219 g/mol. The molecule has 2 aromatic rings. The van der Waals surface area contributed by atoms with Crippen LogP contribution in [0, 0.1) is 6.92 Å². The van der Waals surface area contributed by atoms with E-state index in [1.807, 2.05) is 13.0 Å². The van der Waals surface area contributed by atoms with E-state index in [0.29, 0.717) is 30.6 Å². The van der Waals surface area contributed by atoms with Gasteiger partial charge in [0.05, 0.1) is 12.8 Å². The quantitative estimate of drug-likeness (QED) is 0.614. The number of rotatable bonds is 5. The van der Waals surface area contributed by atoms with Crippen molar-refractivity contribution in [1.29, 1.82) is 0 Å². The van der Waals surface area contributed by atoms with Crippen LogP contribution in [0.25, 0.3) is 11.6 Å². The van der Waals surface area contributed by atoms with Gasteiger partial charge in [-0.1, -0.05) is 11.2 Å². The van der Waals surface area contributed by atoms with Crippen LogP contribution < -0.4 is 5.32 Å². The van der Waals surface area contributed by atoms with Gasteiger partial charge in [-0.3, -0.25) is 0 Å². The van der Waals surface area contributed by atoms with E-state index in [0.717, 1.165) is 5.56 Å². The third kappa shape index (κ3) is 2.20. The Bertz CT molecular complexity index is 473. The Balaban J connectivity index is 2.08. The SMILES string of the molecule is C=CCNCc1nc(-c2occc2C)no1. The van der Waals surface area contributed by atoms with Gasteiger partial charge in [-0.15, -0.1) is 6.58 Å². The molecule has 0 bridgehead atoms. The van der Waals surface area contributed by atoms with Gasteiger partial charge in [-0.2, -0.15) is 4.98 Å². The second kappa shape index (κ2) is 4.76. The summed E-state index contributed by atoms with van der Waals surface area (Å²) in [5.74, 6) is 1.67. The molecule has 0 aromatic carbocycles. The molecule has 0 aliphatic carbocycles. The average Bonchev–Trinajstić information content (AvgIpc) is 2.87. The molecule has 0 spiro atoms. The van der Waals surface area contributed by atoms with Crippen molar-refractivity contribution in [2.45, 2.75) is 13.5 Å². The minimum atomic E-state index is 0.484. The molecule has 0 aliphatic heterocycles. The first-order valence-corrected chi connectivity index (χ1v) is 5.00. The maximum atomic E-state index is 5.27.